The number of rotatable bonds is 12. The molecule has 16 atom stereocenters. The van der Waals surface area contributed by atoms with Crippen LogP contribution in [-0.2, 0) is 14.3 Å². The fourth-order valence-corrected chi connectivity index (χ4v) is 13.1. The number of ether oxygens (including phenoxy) is 1. The first-order valence-electron chi connectivity index (χ1n) is 23.9. The molecule has 10 N–H and O–H groups in total. The normalized spacial score (nSPS) is 42.0. The van der Waals surface area contributed by atoms with E-state index in [-0.39, 0.29) is 48.1 Å². The summed E-state index contributed by atoms with van der Waals surface area (Å²) in [4.78, 5) is 26.3. The van der Waals surface area contributed by atoms with Crippen LogP contribution in [0.4, 0.5) is 0 Å². The summed E-state index contributed by atoms with van der Waals surface area (Å²) in [6, 6.07) is 0.465. The standard InChI is InChI=1S/C48H77N3O7/c1-58-44-25-35-12-14-45(56)48(18-15-31(22-46(48)57)7-8-32-21-37-11-13-38(52)27-40(37)51-29-32)19-16-36(39(35)28-43(44)55)24-42(54)41(53)23-33(34-17-20-50-47(49)26-34)10-9-30-5-3-2-4-6-30/h9-10,30-37,39-44,46-47,50-51,53-55,57H,2-8,11-15,17-18,20-29,49H2,1H3/p+2. The molecule has 10 heteroatoms. The molecular formula is C48H79N3O7+2. The van der Waals surface area contributed by atoms with Crippen LogP contribution < -0.4 is 16.4 Å². The monoisotopic (exact) mass is 810 g/mol. The van der Waals surface area contributed by atoms with E-state index in [4.69, 9.17) is 10.5 Å². The first-order chi connectivity index (χ1) is 28.0. The molecule has 0 bridgehead atoms. The summed E-state index contributed by atoms with van der Waals surface area (Å²) < 4.78 is 5.71. The maximum atomic E-state index is 14.3. The van der Waals surface area contributed by atoms with Crippen LogP contribution in [0.2, 0.25) is 0 Å². The molecule has 2 saturated heterocycles. The molecule has 7 aliphatic rings. The molecule has 1 spiro atoms. The number of Topliss-reactive ketones (excluding diaryl/α,β-unsaturated/α-hetero) is 2. The molecule has 326 valence electrons. The Kier molecular flexibility index (Phi) is 15.7. The number of aliphatic hydroxyl groups is 4. The van der Waals surface area contributed by atoms with Crippen LogP contribution in [-0.4, -0.2) is 94.9 Å². The van der Waals surface area contributed by atoms with Crippen molar-refractivity contribution in [1.82, 2.24) is 0 Å². The molecular weight excluding hydrogens is 731 g/mol. The number of nitrogens with two attached hydrogens (primary N) is 3. The maximum Gasteiger partial charge on any atom is 0.153 e. The Hall–Kier alpha value is -1.68. The average molecular weight is 810 g/mol. The molecule has 4 saturated carbocycles. The van der Waals surface area contributed by atoms with Crippen LogP contribution >= 0.6 is 0 Å². The van der Waals surface area contributed by atoms with Gasteiger partial charge in [0.1, 0.15) is 17.4 Å². The number of hydrogen-bond donors (Lipinski definition) is 7. The fourth-order valence-electron chi connectivity index (χ4n) is 13.1. The van der Waals surface area contributed by atoms with Crippen molar-refractivity contribution in [3.05, 3.63) is 12.2 Å². The van der Waals surface area contributed by atoms with E-state index >= 15 is 0 Å². The van der Waals surface area contributed by atoms with E-state index in [1.807, 2.05) is 0 Å². The second-order valence-electron chi connectivity index (χ2n) is 20.6. The summed E-state index contributed by atoms with van der Waals surface area (Å²) in [5.74, 6) is 9.76. The Morgan fingerprint density at radius 2 is 1.69 bits per heavy atom. The van der Waals surface area contributed by atoms with Crippen LogP contribution in [0.3, 0.4) is 0 Å². The van der Waals surface area contributed by atoms with Gasteiger partial charge in [0.15, 0.2) is 5.78 Å². The third-order valence-electron chi connectivity index (χ3n) is 16.9. The highest BCUT2D eigenvalue weighted by Gasteiger charge is 2.50. The SMILES string of the molecule is COC1CC2CCC(=O)C3(C#CC(CC(O)C(O)CC(C=CC4CCCCC4)C4CC[NH2+]C(N)C4)C2CC1O)CCC(CCC1C[NH2+]C2CC(=O)CCC2C1)CC3O. The van der Waals surface area contributed by atoms with E-state index in [9.17, 15) is 30.0 Å². The number of ketones is 2. The Morgan fingerprint density at radius 1 is 0.897 bits per heavy atom. The number of quaternary nitrogens is 2. The van der Waals surface area contributed by atoms with Crippen molar-refractivity contribution >= 4 is 11.6 Å². The lowest BCUT2D eigenvalue weighted by atomic mass is 9.64. The highest BCUT2D eigenvalue weighted by atomic mass is 16.5. The Bertz CT molecular complexity index is 1460. The average Bonchev–Trinajstić information content (AvgIpc) is 3.27. The van der Waals surface area contributed by atoms with Crippen molar-refractivity contribution < 1.29 is 45.4 Å². The Morgan fingerprint density at radius 3 is 2.47 bits per heavy atom. The number of methoxy groups -OCH3 is 1. The summed E-state index contributed by atoms with van der Waals surface area (Å²) in [7, 11) is 1.63. The summed E-state index contributed by atoms with van der Waals surface area (Å²) in [6.45, 7) is 2.05. The maximum absolute atomic E-state index is 14.3. The van der Waals surface area contributed by atoms with Crippen LogP contribution in [0.1, 0.15) is 141 Å². The van der Waals surface area contributed by atoms with Crippen LogP contribution in [0.15, 0.2) is 12.2 Å². The van der Waals surface area contributed by atoms with E-state index in [1.54, 1.807) is 7.11 Å². The van der Waals surface area contributed by atoms with Crippen molar-refractivity contribution in [3.63, 3.8) is 0 Å². The number of allylic oxidation sites excluding steroid dienone is 2. The van der Waals surface area contributed by atoms with Gasteiger partial charge in [-0.05, 0) is 125 Å². The van der Waals surface area contributed by atoms with Crippen molar-refractivity contribution in [1.29, 1.82) is 0 Å². The topological polar surface area (TPSA) is 184 Å². The Balaban J connectivity index is 1.04. The van der Waals surface area contributed by atoms with Gasteiger partial charge in [-0.1, -0.05) is 43.3 Å². The lowest BCUT2D eigenvalue weighted by Gasteiger charge is -2.42. The quantitative estimate of drug-likeness (QED) is 0.116. The predicted molar refractivity (Wildman–Crippen MR) is 223 cm³/mol. The number of carbonyl (C=O) groups is 2. The van der Waals surface area contributed by atoms with Gasteiger partial charge < -0.3 is 35.8 Å². The Labute approximate surface area is 348 Å². The van der Waals surface area contributed by atoms with Gasteiger partial charge in [0.25, 0.3) is 0 Å². The summed E-state index contributed by atoms with van der Waals surface area (Å²) in [6.07, 6.45) is 19.8. The van der Waals surface area contributed by atoms with E-state index in [0.717, 1.165) is 64.5 Å². The lowest BCUT2D eigenvalue weighted by Crippen LogP contribution is -2.95. The highest BCUT2D eigenvalue weighted by Crippen LogP contribution is 2.47. The number of aliphatic hydroxyl groups excluding tert-OH is 4. The zero-order chi connectivity index (χ0) is 40.8. The molecule has 2 aliphatic heterocycles. The first-order valence-corrected chi connectivity index (χ1v) is 23.9. The van der Waals surface area contributed by atoms with Gasteiger partial charge in [0.2, 0.25) is 0 Å². The summed E-state index contributed by atoms with van der Waals surface area (Å²) >= 11 is 0. The van der Waals surface area contributed by atoms with Gasteiger partial charge in [-0.3, -0.25) is 15.3 Å². The van der Waals surface area contributed by atoms with E-state index in [2.05, 4.69) is 34.6 Å². The molecule has 5 aliphatic carbocycles. The molecule has 58 heavy (non-hydrogen) atoms. The van der Waals surface area contributed by atoms with Crippen LogP contribution in [0.5, 0.6) is 0 Å². The molecule has 10 nitrogen and oxygen atoms in total. The van der Waals surface area contributed by atoms with Crippen molar-refractivity contribution in [3.8, 4) is 11.8 Å². The van der Waals surface area contributed by atoms with E-state index in [0.29, 0.717) is 86.4 Å². The fraction of sp³-hybridized carbons (Fsp3) is 0.875. The first kappa shape index (κ1) is 44.4. The second-order valence-corrected chi connectivity index (χ2v) is 20.6. The van der Waals surface area contributed by atoms with E-state index in [1.165, 1.54) is 38.5 Å². The second kappa shape index (κ2) is 20.5. The van der Waals surface area contributed by atoms with Gasteiger partial charge in [-0.25, -0.2) is 0 Å². The van der Waals surface area contributed by atoms with Gasteiger partial charge in [-0.2, -0.15) is 0 Å². The van der Waals surface area contributed by atoms with E-state index < -0.39 is 29.8 Å². The molecule has 0 aromatic carbocycles. The molecule has 0 aromatic rings. The molecule has 16 unspecified atom stereocenters. The zero-order valence-corrected chi connectivity index (χ0v) is 35.6. The predicted octanol–water partition coefficient (Wildman–Crippen LogP) is 3.13. The molecule has 7 rings (SSSR count). The number of hydrogen-bond acceptors (Lipinski definition) is 8. The minimum Gasteiger partial charge on any atom is -0.391 e. The summed E-state index contributed by atoms with van der Waals surface area (Å²) in [5.41, 5.74) is 5.29. The molecule has 0 amide bonds. The largest absolute Gasteiger partial charge is 0.391 e. The van der Waals surface area contributed by atoms with Crippen LogP contribution in [0.25, 0.3) is 0 Å². The van der Waals surface area contributed by atoms with Gasteiger partial charge in [0, 0.05) is 50.5 Å². The third kappa shape index (κ3) is 10.8. The smallest absolute Gasteiger partial charge is 0.153 e. The molecule has 0 aromatic heterocycles. The van der Waals surface area contributed by atoms with Gasteiger partial charge in [0.05, 0.1) is 56.1 Å². The minimum atomic E-state index is -1.13. The van der Waals surface area contributed by atoms with Crippen molar-refractivity contribution in [2.24, 2.45) is 64.4 Å². The van der Waals surface area contributed by atoms with Gasteiger partial charge in [-0.15, -0.1) is 0 Å². The lowest BCUT2D eigenvalue weighted by molar-refractivity contribution is -0.711. The number of piperidine rings is 2. The van der Waals surface area contributed by atoms with Crippen molar-refractivity contribution in [2.75, 3.05) is 20.2 Å². The molecule has 6 fully saturated rings. The minimum absolute atomic E-state index is 0.0290. The van der Waals surface area contributed by atoms with Crippen molar-refractivity contribution in [2.45, 2.75) is 184 Å². The summed E-state index contributed by atoms with van der Waals surface area (Å²) in [5, 5.41) is 51.4. The van der Waals surface area contributed by atoms with Gasteiger partial charge >= 0.3 is 0 Å². The number of fused-ring (bicyclic) bond motifs is 2. The number of carbonyl (C=O) groups excluding carboxylic acids is 2. The zero-order valence-electron chi connectivity index (χ0n) is 35.6. The van der Waals surface area contributed by atoms with Crippen LogP contribution in [0, 0.1) is 70.5 Å². The third-order valence-corrected chi connectivity index (χ3v) is 16.9. The highest BCUT2D eigenvalue weighted by molar-refractivity contribution is 5.89. The molecule has 0 radical (unpaired) electrons. The molecule has 2 heterocycles.